The highest BCUT2D eigenvalue weighted by Gasteiger charge is 2.21. The molecule has 0 atom stereocenters. The van der Waals surface area contributed by atoms with Gasteiger partial charge in [-0.25, -0.2) is 14.2 Å². The molecular weight excluding hydrogens is 383 g/mol. The third-order valence-corrected chi connectivity index (χ3v) is 4.13. The van der Waals surface area contributed by atoms with Crippen LogP contribution in [0.4, 0.5) is 4.39 Å². The topological polar surface area (TPSA) is 53.4 Å². The van der Waals surface area contributed by atoms with Gasteiger partial charge < -0.3 is 14.0 Å². The molecule has 0 N–H and O–H groups in total. The number of ether oxygens (including phenoxy) is 2. The Bertz CT molecular complexity index is 869. The zero-order chi connectivity index (χ0) is 20.9. The lowest BCUT2D eigenvalue weighted by atomic mass is 10.0. The highest BCUT2D eigenvalue weighted by atomic mass is 35.5. The van der Waals surface area contributed by atoms with E-state index in [1.807, 2.05) is 6.92 Å². The van der Waals surface area contributed by atoms with Gasteiger partial charge in [0.1, 0.15) is 17.2 Å². The molecule has 5 nitrogen and oxygen atoms in total. The minimum atomic E-state index is -0.642. The first-order valence-electron chi connectivity index (χ1n) is 9.03. The predicted molar refractivity (Wildman–Crippen MR) is 109 cm³/mol. The number of imidazole rings is 1. The van der Waals surface area contributed by atoms with Gasteiger partial charge in [-0.3, -0.25) is 0 Å². The normalized spacial score (nSPS) is 12.2. The number of methoxy groups -OCH3 is 1. The van der Waals surface area contributed by atoms with Gasteiger partial charge in [-0.1, -0.05) is 0 Å². The number of nitrogens with zero attached hydrogens (tertiary/aromatic N) is 2. The maximum absolute atomic E-state index is 14.8. The van der Waals surface area contributed by atoms with E-state index in [9.17, 15) is 9.18 Å². The second kappa shape index (κ2) is 9.24. The lowest BCUT2D eigenvalue weighted by Gasteiger charge is -2.20. The molecule has 0 amide bonds. The van der Waals surface area contributed by atoms with E-state index < -0.39 is 17.4 Å². The van der Waals surface area contributed by atoms with Crippen molar-refractivity contribution in [3.8, 4) is 11.4 Å². The molecule has 1 aromatic carbocycles. The minimum absolute atomic E-state index is 0.243. The smallest absolute Gasteiger partial charge is 0.334 e. The van der Waals surface area contributed by atoms with E-state index in [4.69, 9.17) is 21.1 Å². The molecule has 0 fully saturated rings. The molecule has 0 saturated heterocycles. The molecule has 7 heteroatoms. The second-order valence-electron chi connectivity index (χ2n) is 7.43. The van der Waals surface area contributed by atoms with Crippen LogP contribution in [0.3, 0.4) is 0 Å². The second-order valence-corrected chi connectivity index (χ2v) is 7.81. The molecule has 0 aliphatic heterocycles. The predicted octanol–water partition coefficient (Wildman–Crippen LogP) is 5.07. The number of carbonyl (C=O) groups is 1. The molecular formula is C21H26ClFN2O3. The Kier molecular flexibility index (Phi) is 7.24. The highest BCUT2D eigenvalue weighted by molar-refractivity contribution is 6.17. The highest BCUT2D eigenvalue weighted by Crippen LogP contribution is 2.29. The van der Waals surface area contributed by atoms with Gasteiger partial charge in [-0.2, -0.15) is 0 Å². The van der Waals surface area contributed by atoms with Crippen LogP contribution in [0.2, 0.25) is 0 Å². The fourth-order valence-electron chi connectivity index (χ4n) is 2.61. The summed E-state index contributed by atoms with van der Waals surface area (Å²) in [4.78, 5) is 16.7. The number of benzene rings is 1. The summed E-state index contributed by atoms with van der Waals surface area (Å²) in [6, 6.07) is 2.92. The Morgan fingerprint density at radius 1 is 1.36 bits per heavy atom. The summed E-state index contributed by atoms with van der Waals surface area (Å²) in [5, 5.41) is 0. The lowest BCUT2D eigenvalue weighted by Crippen LogP contribution is -2.25. The molecule has 2 rings (SSSR count). The molecule has 1 heterocycles. The quantitative estimate of drug-likeness (QED) is 0.364. The van der Waals surface area contributed by atoms with Gasteiger partial charge in [-0.05, 0) is 52.7 Å². The fraction of sp³-hybridized carbons (Fsp3) is 0.429. The van der Waals surface area contributed by atoms with Gasteiger partial charge in [0.25, 0.3) is 0 Å². The Hall–Kier alpha value is -2.34. The molecule has 2 aromatic rings. The number of esters is 1. The maximum atomic E-state index is 14.8. The average molecular weight is 409 g/mol. The summed E-state index contributed by atoms with van der Waals surface area (Å²) < 4.78 is 27.4. The number of halogens is 2. The monoisotopic (exact) mass is 408 g/mol. The van der Waals surface area contributed by atoms with Crippen molar-refractivity contribution >= 4 is 23.6 Å². The molecule has 0 aliphatic rings. The number of alkyl halides is 1. The van der Waals surface area contributed by atoms with Gasteiger partial charge in [0.05, 0.1) is 24.8 Å². The van der Waals surface area contributed by atoms with Gasteiger partial charge in [0.2, 0.25) is 0 Å². The van der Waals surface area contributed by atoms with E-state index >= 15 is 0 Å². The van der Waals surface area contributed by atoms with Crippen LogP contribution in [0.1, 0.15) is 44.9 Å². The number of rotatable bonds is 7. The maximum Gasteiger partial charge on any atom is 0.334 e. The average Bonchev–Trinajstić information content (AvgIpc) is 3.04. The van der Waals surface area contributed by atoms with E-state index in [2.05, 4.69) is 4.98 Å². The Balaban J connectivity index is 2.46. The molecule has 0 radical (unpaired) electrons. The van der Waals surface area contributed by atoms with Crippen LogP contribution in [0.25, 0.3) is 11.8 Å². The van der Waals surface area contributed by atoms with Crippen molar-refractivity contribution in [2.75, 3.05) is 13.0 Å². The molecule has 28 heavy (non-hydrogen) atoms. The molecule has 0 aliphatic carbocycles. The number of hydrogen-bond acceptors (Lipinski definition) is 4. The number of hydrogen-bond donors (Lipinski definition) is 0. The summed E-state index contributed by atoms with van der Waals surface area (Å²) in [6.07, 6.45) is 5.84. The Morgan fingerprint density at radius 2 is 2.07 bits per heavy atom. The largest absolute Gasteiger partial charge is 0.495 e. The van der Waals surface area contributed by atoms with Crippen LogP contribution in [-0.4, -0.2) is 34.1 Å². The number of carbonyl (C=O) groups excluding carboxylic acids is 1. The summed E-state index contributed by atoms with van der Waals surface area (Å²) >= 11 is 5.77. The molecule has 1 aromatic heterocycles. The van der Waals surface area contributed by atoms with Crippen molar-refractivity contribution in [3.05, 3.63) is 47.3 Å². The van der Waals surface area contributed by atoms with Gasteiger partial charge in [0.15, 0.2) is 0 Å². The SMILES string of the molecule is COc1cc(/C=C(\CCCCl)C(=O)OC(C)(C)C)c(F)cc1-n1cnc(C)c1. The van der Waals surface area contributed by atoms with Crippen LogP contribution >= 0.6 is 11.6 Å². The minimum Gasteiger partial charge on any atom is -0.495 e. The first kappa shape index (κ1) is 22.0. The lowest BCUT2D eigenvalue weighted by molar-refractivity contribution is -0.149. The molecule has 0 saturated carbocycles. The van der Waals surface area contributed by atoms with E-state index in [1.165, 1.54) is 19.3 Å². The van der Waals surface area contributed by atoms with Crippen molar-refractivity contribution in [2.45, 2.75) is 46.1 Å². The van der Waals surface area contributed by atoms with Crippen LogP contribution in [0.15, 0.2) is 30.2 Å². The molecule has 0 bridgehead atoms. The summed E-state index contributed by atoms with van der Waals surface area (Å²) in [7, 11) is 1.51. The zero-order valence-electron chi connectivity index (χ0n) is 16.9. The summed E-state index contributed by atoms with van der Waals surface area (Å²) in [5.41, 5.74) is 1.30. The zero-order valence-corrected chi connectivity index (χ0v) is 17.6. The van der Waals surface area contributed by atoms with Gasteiger partial charge >= 0.3 is 5.97 Å². The number of aryl methyl sites for hydroxylation is 1. The van der Waals surface area contributed by atoms with Crippen LogP contribution < -0.4 is 4.74 Å². The third kappa shape index (κ3) is 5.83. The van der Waals surface area contributed by atoms with E-state index in [1.54, 1.807) is 43.9 Å². The first-order valence-corrected chi connectivity index (χ1v) is 9.56. The van der Waals surface area contributed by atoms with Crippen molar-refractivity contribution in [3.63, 3.8) is 0 Å². The summed E-state index contributed by atoms with van der Waals surface area (Å²) in [6.45, 7) is 7.21. The molecule has 152 valence electrons. The van der Waals surface area contributed by atoms with Crippen molar-refractivity contribution in [1.82, 2.24) is 9.55 Å². The van der Waals surface area contributed by atoms with E-state index in [0.29, 0.717) is 35.7 Å². The van der Waals surface area contributed by atoms with E-state index in [0.717, 1.165) is 5.69 Å². The standard InChI is InChI=1S/C21H26ClFN2O3/c1-14-12-25(13-24-14)18-11-17(23)16(10-19(18)27-5)9-15(7-6-8-22)20(26)28-21(2,3)4/h9-13H,6-8H2,1-5H3/b15-9+. The van der Waals surface area contributed by atoms with Crippen molar-refractivity contribution < 1.29 is 18.7 Å². The van der Waals surface area contributed by atoms with Gasteiger partial charge in [0, 0.05) is 29.3 Å². The van der Waals surface area contributed by atoms with Crippen LogP contribution in [0.5, 0.6) is 5.75 Å². The molecule has 0 spiro atoms. The van der Waals surface area contributed by atoms with Crippen molar-refractivity contribution in [2.24, 2.45) is 0 Å². The fourth-order valence-corrected chi connectivity index (χ4v) is 2.74. The number of aromatic nitrogens is 2. The first-order chi connectivity index (χ1) is 13.1. The third-order valence-electron chi connectivity index (χ3n) is 3.86. The van der Waals surface area contributed by atoms with Gasteiger partial charge in [-0.15, -0.1) is 11.6 Å². The van der Waals surface area contributed by atoms with Crippen LogP contribution in [-0.2, 0) is 9.53 Å². The molecule has 0 unspecified atom stereocenters. The van der Waals surface area contributed by atoms with E-state index in [-0.39, 0.29) is 5.56 Å². The summed E-state index contributed by atoms with van der Waals surface area (Å²) in [5.74, 6) is -0.101. The Labute approximate surface area is 170 Å². The van der Waals surface area contributed by atoms with Crippen molar-refractivity contribution in [1.29, 1.82) is 0 Å². The Morgan fingerprint density at radius 3 is 2.61 bits per heavy atom. The van der Waals surface area contributed by atoms with Crippen LogP contribution in [0, 0.1) is 12.7 Å².